The van der Waals surface area contributed by atoms with Gasteiger partial charge in [-0.2, -0.15) is 11.8 Å². The molecule has 2 rings (SSSR count). The molecule has 0 aliphatic carbocycles. The van der Waals surface area contributed by atoms with Crippen molar-refractivity contribution in [3.63, 3.8) is 0 Å². The SMILES string of the molecule is CC1(C)CCN(c2nc[nH]c(=O)c2Cl)CCS1. The Morgan fingerprint density at radius 3 is 3.06 bits per heavy atom. The summed E-state index contributed by atoms with van der Waals surface area (Å²) in [6.07, 6.45) is 2.47. The van der Waals surface area contributed by atoms with Gasteiger partial charge in [-0.25, -0.2) is 4.98 Å². The summed E-state index contributed by atoms with van der Waals surface area (Å²) in [6.45, 7) is 6.25. The van der Waals surface area contributed by atoms with Gasteiger partial charge in [0.2, 0.25) is 0 Å². The Morgan fingerprint density at radius 1 is 1.53 bits per heavy atom. The number of aromatic amines is 1. The Hall–Kier alpha value is -0.680. The Balaban J connectivity index is 2.23. The zero-order valence-corrected chi connectivity index (χ0v) is 11.6. The number of nitrogens with one attached hydrogen (secondary N) is 1. The van der Waals surface area contributed by atoms with Gasteiger partial charge in [-0.15, -0.1) is 0 Å². The minimum absolute atomic E-state index is 0.192. The van der Waals surface area contributed by atoms with Crippen molar-refractivity contribution in [3.05, 3.63) is 21.7 Å². The lowest BCUT2D eigenvalue weighted by Crippen LogP contribution is -2.29. The van der Waals surface area contributed by atoms with Gasteiger partial charge in [0.25, 0.3) is 5.56 Å². The van der Waals surface area contributed by atoms with Crippen molar-refractivity contribution in [2.45, 2.75) is 25.0 Å². The fraction of sp³-hybridized carbons (Fsp3) is 0.636. The van der Waals surface area contributed by atoms with Crippen LogP contribution >= 0.6 is 23.4 Å². The van der Waals surface area contributed by atoms with Gasteiger partial charge in [-0.1, -0.05) is 25.4 Å². The van der Waals surface area contributed by atoms with Gasteiger partial charge in [-0.05, 0) is 6.42 Å². The van der Waals surface area contributed by atoms with E-state index in [4.69, 9.17) is 11.6 Å². The van der Waals surface area contributed by atoms with Gasteiger partial charge >= 0.3 is 0 Å². The van der Waals surface area contributed by atoms with Crippen molar-refractivity contribution >= 4 is 29.2 Å². The Morgan fingerprint density at radius 2 is 2.29 bits per heavy atom. The smallest absolute Gasteiger partial charge is 0.271 e. The lowest BCUT2D eigenvalue weighted by atomic mass is 10.1. The van der Waals surface area contributed by atoms with E-state index in [2.05, 4.69) is 28.7 Å². The maximum absolute atomic E-state index is 11.4. The Labute approximate surface area is 110 Å². The van der Waals surface area contributed by atoms with Crippen molar-refractivity contribution in [3.8, 4) is 0 Å². The summed E-state index contributed by atoms with van der Waals surface area (Å²) in [7, 11) is 0. The third kappa shape index (κ3) is 2.96. The molecule has 0 bridgehead atoms. The highest BCUT2D eigenvalue weighted by molar-refractivity contribution is 8.00. The van der Waals surface area contributed by atoms with Crippen LogP contribution in [0.15, 0.2) is 11.1 Å². The van der Waals surface area contributed by atoms with Crippen LogP contribution < -0.4 is 10.5 Å². The number of hydrogen-bond acceptors (Lipinski definition) is 4. The van der Waals surface area contributed by atoms with Crippen LogP contribution in [0.4, 0.5) is 5.82 Å². The molecule has 6 heteroatoms. The molecule has 0 aromatic carbocycles. The first kappa shape index (κ1) is 12.8. The molecular weight excluding hydrogens is 258 g/mol. The second kappa shape index (κ2) is 4.90. The third-order valence-electron chi connectivity index (χ3n) is 2.92. The van der Waals surface area contributed by atoms with Gasteiger partial charge in [-0.3, -0.25) is 4.79 Å². The largest absolute Gasteiger partial charge is 0.354 e. The molecule has 1 aliphatic rings. The van der Waals surface area contributed by atoms with E-state index in [1.54, 1.807) is 0 Å². The molecule has 0 spiro atoms. The van der Waals surface area contributed by atoms with Crippen LogP contribution in [0.3, 0.4) is 0 Å². The van der Waals surface area contributed by atoms with Crippen molar-refractivity contribution in [2.24, 2.45) is 0 Å². The monoisotopic (exact) mass is 273 g/mol. The first-order valence-electron chi connectivity index (χ1n) is 5.62. The zero-order valence-electron chi connectivity index (χ0n) is 9.99. The molecule has 1 aromatic heterocycles. The summed E-state index contributed by atoms with van der Waals surface area (Å²) in [5.41, 5.74) is -0.271. The third-order valence-corrected chi connectivity index (χ3v) is 4.63. The molecule has 1 N–H and O–H groups in total. The van der Waals surface area contributed by atoms with E-state index in [1.807, 2.05) is 11.8 Å². The molecule has 0 amide bonds. The minimum Gasteiger partial charge on any atom is -0.354 e. The second-order valence-electron chi connectivity index (χ2n) is 4.71. The molecular formula is C11H16ClN3OS. The van der Waals surface area contributed by atoms with Gasteiger partial charge in [0, 0.05) is 23.6 Å². The summed E-state index contributed by atoms with van der Waals surface area (Å²) >= 11 is 7.95. The van der Waals surface area contributed by atoms with Crippen molar-refractivity contribution in [2.75, 3.05) is 23.7 Å². The van der Waals surface area contributed by atoms with Crippen LogP contribution in [0.2, 0.25) is 5.02 Å². The fourth-order valence-corrected chi connectivity index (χ4v) is 3.15. The van der Waals surface area contributed by atoms with Crippen LogP contribution in [0.5, 0.6) is 0 Å². The van der Waals surface area contributed by atoms with E-state index in [0.717, 1.165) is 25.3 Å². The minimum atomic E-state index is -0.271. The van der Waals surface area contributed by atoms with Gasteiger partial charge in [0.05, 0.1) is 6.33 Å². The van der Waals surface area contributed by atoms with Gasteiger partial charge in [0.15, 0.2) is 5.82 Å². The van der Waals surface area contributed by atoms with E-state index in [1.165, 1.54) is 6.33 Å². The van der Waals surface area contributed by atoms with Crippen LogP contribution in [0.1, 0.15) is 20.3 Å². The Kier molecular flexibility index (Phi) is 3.68. The molecule has 17 heavy (non-hydrogen) atoms. The number of anilines is 1. The number of thioether (sulfide) groups is 1. The van der Waals surface area contributed by atoms with Crippen molar-refractivity contribution in [1.82, 2.24) is 9.97 Å². The standard InChI is InChI=1S/C11H16ClN3OS/c1-11(2)3-4-15(5-6-17-11)9-8(12)10(16)14-7-13-9/h7H,3-6H2,1-2H3,(H,13,14,16). The number of rotatable bonds is 1. The second-order valence-corrected chi connectivity index (χ2v) is 6.89. The average molecular weight is 274 g/mol. The quantitative estimate of drug-likeness (QED) is 0.852. The molecule has 0 atom stereocenters. The first-order valence-corrected chi connectivity index (χ1v) is 6.98. The van der Waals surface area contributed by atoms with Crippen LogP contribution in [0, 0.1) is 0 Å². The number of nitrogens with zero attached hydrogens (tertiary/aromatic N) is 2. The molecule has 0 unspecified atom stereocenters. The molecule has 1 fully saturated rings. The highest BCUT2D eigenvalue weighted by Gasteiger charge is 2.25. The molecule has 1 aliphatic heterocycles. The van der Waals surface area contributed by atoms with Crippen molar-refractivity contribution in [1.29, 1.82) is 0 Å². The van der Waals surface area contributed by atoms with E-state index in [-0.39, 0.29) is 15.3 Å². The van der Waals surface area contributed by atoms with E-state index in [9.17, 15) is 4.79 Å². The normalized spacial score (nSPS) is 20.1. The average Bonchev–Trinajstić information content (AvgIpc) is 2.44. The summed E-state index contributed by atoms with van der Waals surface area (Å²) in [4.78, 5) is 20.2. The molecule has 0 saturated carbocycles. The number of aromatic nitrogens is 2. The van der Waals surface area contributed by atoms with Crippen LogP contribution in [-0.4, -0.2) is 33.6 Å². The molecule has 0 radical (unpaired) electrons. The van der Waals surface area contributed by atoms with Crippen LogP contribution in [-0.2, 0) is 0 Å². The van der Waals surface area contributed by atoms with Crippen LogP contribution in [0.25, 0.3) is 0 Å². The van der Waals surface area contributed by atoms with Gasteiger partial charge in [0.1, 0.15) is 5.02 Å². The van der Waals surface area contributed by atoms with E-state index >= 15 is 0 Å². The summed E-state index contributed by atoms with van der Waals surface area (Å²) in [5, 5.41) is 0.192. The highest BCUT2D eigenvalue weighted by atomic mass is 35.5. The fourth-order valence-electron chi connectivity index (χ4n) is 1.83. The number of halogens is 1. The van der Waals surface area contributed by atoms with E-state index in [0.29, 0.717) is 5.82 Å². The predicted octanol–water partition coefficient (Wildman–Crippen LogP) is 2.15. The molecule has 2 heterocycles. The Bertz CT molecular complexity index is 460. The maximum Gasteiger partial charge on any atom is 0.271 e. The summed E-state index contributed by atoms with van der Waals surface area (Å²) in [5.74, 6) is 1.63. The first-order chi connectivity index (χ1) is 7.99. The number of H-pyrrole nitrogens is 1. The topological polar surface area (TPSA) is 49.0 Å². The maximum atomic E-state index is 11.4. The van der Waals surface area contributed by atoms with Crippen molar-refractivity contribution < 1.29 is 0 Å². The van der Waals surface area contributed by atoms with Gasteiger partial charge < -0.3 is 9.88 Å². The molecule has 94 valence electrons. The predicted molar refractivity (Wildman–Crippen MR) is 73.2 cm³/mol. The summed E-state index contributed by atoms with van der Waals surface area (Å²) < 4.78 is 0.280. The lowest BCUT2D eigenvalue weighted by Gasteiger charge is -2.23. The lowest BCUT2D eigenvalue weighted by molar-refractivity contribution is 0.634. The molecule has 1 aromatic rings. The van der Waals surface area contributed by atoms with E-state index < -0.39 is 0 Å². The zero-order chi connectivity index (χ0) is 12.5. The number of hydrogen-bond donors (Lipinski definition) is 1. The molecule has 1 saturated heterocycles. The molecule has 4 nitrogen and oxygen atoms in total. The summed E-state index contributed by atoms with van der Waals surface area (Å²) in [6, 6.07) is 0. The highest BCUT2D eigenvalue weighted by Crippen LogP contribution is 2.32.